The SMILES string of the molecule is O=C(CN1CCCN(c2nccs2)CC1)NCCc1cccs1. The van der Waals surface area contributed by atoms with Crippen LogP contribution in [0, 0.1) is 0 Å². The lowest BCUT2D eigenvalue weighted by atomic mass is 10.3. The number of amides is 1. The minimum absolute atomic E-state index is 0.129. The minimum Gasteiger partial charge on any atom is -0.355 e. The predicted octanol–water partition coefficient (Wildman–Crippen LogP) is 2.08. The second-order valence-corrected chi connectivity index (χ2v) is 7.52. The summed E-state index contributed by atoms with van der Waals surface area (Å²) in [7, 11) is 0. The van der Waals surface area contributed by atoms with Crippen molar-refractivity contribution in [3.63, 3.8) is 0 Å². The van der Waals surface area contributed by atoms with E-state index in [9.17, 15) is 4.79 Å². The normalized spacial score (nSPS) is 16.3. The molecule has 5 nitrogen and oxygen atoms in total. The molecule has 1 aliphatic rings. The standard InChI is InChI=1S/C16H22N4OS2/c21-15(17-5-4-14-3-1-11-22-14)13-19-7-2-8-20(10-9-19)16-18-6-12-23-16/h1,3,6,11-12H,2,4-5,7-10,13H2,(H,17,21). The summed E-state index contributed by atoms with van der Waals surface area (Å²) in [6, 6.07) is 4.16. The number of thiophene rings is 1. The fourth-order valence-electron chi connectivity index (χ4n) is 2.73. The number of carbonyl (C=O) groups is 1. The first-order valence-corrected chi connectivity index (χ1v) is 9.73. The molecule has 0 unspecified atom stereocenters. The molecule has 0 aromatic carbocycles. The van der Waals surface area contributed by atoms with E-state index in [-0.39, 0.29) is 5.91 Å². The smallest absolute Gasteiger partial charge is 0.234 e. The number of rotatable bonds is 6. The largest absolute Gasteiger partial charge is 0.355 e. The molecule has 3 heterocycles. The van der Waals surface area contributed by atoms with E-state index in [1.54, 1.807) is 22.7 Å². The summed E-state index contributed by atoms with van der Waals surface area (Å²) in [5.74, 6) is 0.129. The highest BCUT2D eigenvalue weighted by Crippen LogP contribution is 2.18. The Kier molecular flexibility index (Phi) is 6.01. The average Bonchev–Trinajstić information content (AvgIpc) is 3.20. The van der Waals surface area contributed by atoms with Crippen molar-refractivity contribution in [2.75, 3.05) is 44.2 Å². The van der Waals surface area contributed by atoms with Crippen molar-refractivity contribution >= 4 is 33.7 Å². The van der Waals surface area contributed by atoms with Crippen LogP contribution in [-0.2, 0) is 11.2 Å². The van der Waals surface area contributed by atoms with Gasteiger partial charge in [-0.15, -0.1) is 22.7 Å². The molecule has 7 heteroatoms. The lowest BCUT2D eigenvalue weighted by Crippen LogP contribution is -2.39. The molecule has 1 aliphatic heterocycles. The third-order valence-corrected chi connectivity index (χ3v) is 5.69. The quantitative estimate of drug-likeness (QED) is 0.866. The maximum atomic E-state index is 12.1. The molecular formula is C16H22N4OS2. The number of anilines is 1. The molecule has 1 N–H and O–H groups in total. The van der Waals surface area contributed by atoms with E-state index < -0.39 is 0 Å². The van der Waals surface area contributed by atoms with Gasteiger partial charge in [0, 0.05) is 49.2 Å². The van der Waals surface area contributed by atoms with Crippen molar-refractivity contribution in [1.82, 2.24) is 15.2 Å². The summed E-state index contributed by atoms with van der Waals surface area (Å²) in [6.45, 7) is 5.06. The molecular weight excluding hydrogens is 328 g/mol. The second-order valence-electron chi connectivity index (χ2n) is 5.61. The Morgan fingerprint density at radius 1 is 1.22 bits per heavy atom. The van der Waals surface area contributed by atoms with Gasteiger partial charge in [0.05, 0.1) is 6.54 Å². The first-order valence-electron chi connectivity index (χ1n) is 7.97. The van der Waals surface area contributed by atoms with Gasteiger partial charge in [-0.25, -0.2) is 4.98 Å². The number of nitrogens with zero attached hydrogens (tertiary/aromatic N) is 3. The van der Waals surface area contributed by atoms with E-state index in [1.165, 1.54) is 4.88 Å². The molecule has 2 aromatic rings. The number of aromatic nitrogens is 1. The summed E-state index contributed by atoms with van der Waals surface area (Å²) in [6.07, 6.45) is 3.84. The summed E-state index contributed by atoms with van der Waals surface area (Å²) in [4.78, 5) is 22.4. The Labute approximate surface area is 144 Å². The van der Waals surface area contributed by atoms with Crippen LogP contribution in [0.25, 0.3) is 0 Å². The third-order valence-electron chi connectivity index (χ3n) is 3.92. The van der Waals surface area contributed by atoms with Gasteiger partial charge in [-0.1, -0.05) is 6.07 Å². The summed E-state index contributed by atoms with van der Waals surface area (Å²) >= 11 is 3.42. The van der Waals surface area contributed by atoms with Crippen molar-refractivity contribution in [1.29, 1.82) is 0 Å². The molecule has 0 radical (unpaired) electrons. The van der Waals surface area contributed by atoms with Crippen molar-refractivity contribution in [2.45, 2.75) is 12.8 Å². The topological polar surface area (TPSA) is 48.5 Å². The molecule has 3 rings (SSSR count). The van der Waals surface area contributed by atoms with Crippen LogP contribution in [0.2, 0.25) is 0 Å². The van der Waals surface area contributed by atoms with Crippen LogP contribution in [0.4, 0.5) is 5.13 Å². The van der Waals surface area contributed by atoms with Gasteiger partial charge >= 0.3 is 0 Å². The Morgan fingerprint density at radius 2 is 2.17 bits per heavy atom. The van der Waals surface area contributed by atoms with Gasteiger partial charge in [0.2, 0.25) is 5.91 Å². The van der Waals surface area contributed by atoms with E-state index in [0.717, 1.165) is 50.7 Å². The van der Waals surface area contributed by atoms with Gasteiger partial charge < -0.3 is 10.2 Å². The highest BCUT2D eigenvalue weighted by molar-refractivity contribution is 7.13. The van der Waals surface area contributed by atoms with E-state index in [4.69, 9.17) is 0 Å². The minimum atomic E-state index is 0.129. The van der Waals surface area contributed by atoms with Crippen LogP contribution in [0.15, 0.2) is 29.1 Å². The fraction of sp³-hybridized carbons (Fsp3) is 0.500. The van der Waals surface area contributed by atoms with Crippen LogP contribution < -0.4 is 10.2 Å². The second kappa shape index (κ2) is 8.42. The van der Waals surface area contributed by atoms with Crippen molar-refractivity contribution in [2.24, 2.45) is 0 Å². The molecule has 1 saturated heterocycles. The molecule has 0 saturated carbocycles. The molecule has 0 aliphatic carbocycles. The first kappa shape index (κ1) is 16.4. The maximum Gasteiger partial charge on any atom is 0.234 e. The Hall–Kier alpha value is -1.44. The lowest BCUT2D eigenvalue weighted by Gasteiger charge is -2.21. The van der Waals surface area contributed by atoms with Gasteiger partial charge in [-0.2, -0.15) is 0 Å². The average molecular weight is 351 g/mol. The Morgan fingerprint density at radius 3 is 2.96 bits per heavy atom. The molecule has 23 heavy (non-hydrogen) atoms. The molecule has 2 aromatic heterocycles. The Balaban J connectivity index is 1.38. The molecule has 1 fully saturated rings. The third kappa shape index (κ3) is 5.02. The number of carbonyl (C=O) groups excluding carboxylic acids is 1. The number of hydrogen-bond acceptors (Lipinski definition) is 6. The number of thiazole rings is 1. The van der Waals surface area contributed by atoms with Crippen molar-refractivity contribution in [3.05, 3.63) is 34.0 Å². The van der Waals surface area contributed by atoms with E-state index >= 15 is 0 Å². The molecule has 1 amide bonds. The maximum absolute atomic E-state index is 12.1. The van der Waals surface area contributed by atoms with E-state index in [2.05, 4.69) is 31.5 Å². The van der Waals surface area contributed by atoms with Gasteiger partial charge in [0.25, 0.3) is 0 Å². The number of nitrogens with one attached hydrogen (secondary N) is 1. The zero-order valence-corrected chi connectivity index (χ0v) is 14.7. The molecule has 0 spiro atoms. The van der Waals surface area contributed by atoms with Crippen LogP contribution in [-0.4, -0.2) is 55.1 Å². The zero-order chi connectivity index (χ0) is 15.9. The Bertz CT molecular complexity index is 585. The van der Waals surface area contributed by atoms with Crippen LogP contribution in [0.3, 0.4) is 0 Å². The van der Waals surface area contributed by atoms with E-state index in [1.807, 2.05) is 17.6 Å². The molecule has 0 atom stereocenters. The van der Waals surface area contributed by atoms with E-state index in [0.29, 0.717) is 6.54 Å². The highest BCUT2D eigenvalue weighted by atomic mass is 32.1. The molecule has 124 valence electrons. The lowest BCUT2D eigenvalue weighted by molar-refractivity contribution is -0.122. The zero-order valence-electron chi connectivity index (χ0n) is 13.1. The summed E-state index contributed by atoms with van der Waals surface area (Å²) in [5.41, 5.74) is 0. The van der Waals surface area contributed by atoms with Gasteiger partial charge in [0.1, 0.15) is 0 Å². The van der Waals surface area contributed by atoms with Gasteiger partial charge in [-0.3, -0.25) is 9.69 Å². The van der Waals surface area contributed by atoms with Crippen LogP contribution in [0.1, 0.15) is 11.3 Å². The monoisotopic (exact) mass is 350 g/mol. The van der Waals surface area contributed by atoms with Crippen molar-refractivity contribution in [3.8, 4) is 0 Å². The summed E-state index contributed by atoms with van der Waals surface area (Å²) in [5, 5.41) is 8.20. The first-order chi connectivity index (χ1) is 11.3. The number of hydrogen-bond donors (Lipinski definition) is 1. The summed E-state index contributed by atoms with van der Waals surface area (Å²) < 4.78 is 0. The molecule has 0 bridgehead atoms. The van der Waals surface area contributed by atoms with Crippen LogP contribution in [0.5, 0.6) is 0 Å². The van der Waals surface area contributed by atoms with Crippen LogP contribution >= 0.6 is 22.7 Å². The van der Waals surface area contributed by atoms with Gasteiger partial charge in [0.15, 0.2) is 5.13 Å². The van der Waals surface area contributed by atoms with Crippen molar-refractivity contribution < 1.29 is 4.79 Å². The fourth-order valence-corrected chi connectivity index (χ4v) is 4.14. The highest BCUT2D eigenvalue weighted by Gasteiger charge is 2.18. The van der Waals surface area contributed by atoms with Gasteiger partial charge in [-0.05, 0) is 24.3 Å². The predicted molar refractivity (Wildman–Crippen MR) is 96.4 cm³/mol.